The molecule has 2 bridgehead atoms. The predicted octanol–water partition coefficient (Wildman–Crippen LogP) is 2.33. The Balaban J connectivity index is 1.69. The number of benzene rings is 1. The molecule has 2 saturated heterocycles. The molecular formula is C17H15ClFNO4. The summed E-state index contributed by atoms with van der Waals surface area (Å²) in [6.45, 7) is 2.20. The quantitative estimate of drug-likeness (QED) is 0.619. The van der Waals surface area contributed by atoms with Crippen LogP contribution >= 0.6 is 11.6 Å². The van der Waals surface area contributed by atoms with Gasteiger partial charge in [0.05, 0.1) is 30.2 Å². The summed E-state index contributed by atoms with van der Waals surface area (Å²) in [7, 11) is 0. The molecule has 126 valence electrons. The van der Waals surface area contributed by atoms with Crippen molar-refractivity contribution >= 4 is 29.2 Å². The zero-order chi connectivity index (χ0) is 17.1. The lowest BCUT2D eigenvalue weighted by molar-refractivity contribution is -0.151. The lowest BCUT2D eigenvalue weighted by Gasteiger charge is -2.22. The van der Waals surface area contributed by atoms with E-state index in [1.54, 1.807) is 19.1 Å². The van der Waals surface area contributed by atoms with Crippen LogP contribution in [0.5, 0.6) is 0 Å². The summed E-state index contributed by atoms with van der Waals surface area (Å²) in [6, 6.07) is 4.20. The van der Waals surface area contributed by atoms with Crippen molar-refractivity contribution in [3.63, 3.8) is 0 Å². The molecule has 0 radical (unpaired) electrons. The van der Waals surface area contributed by atoms with E-state index in [-0.39, 0.29) is 24.1 Å². The molecule has 4 atom stereocenters. The maximum absolute atomic E-state index is 13.8. The fraction of sp³-hybridized carbons (Fsp3) is 0.412. The largest absolute Gasteiger partial charge is 0.466 e. The molecule has 0 aliphatic carbocycles. The highest BCUT2D eigenvalue weighted by Crippen LogP contribution is 2.53. The number of ether oxygens (including phenoxy) is 2. The third-order valence-electron chi connectivity index (χ3n) is 4.87. The number of amides is 1. The topological polar surface area (TPSA) is 55.8 Å². The Bertz CT molecular complexity index is 767. The van der Waals surface area contributed by atoms with Gasteiger partial charge in [-0.2, -0.15) is 0 Å². The normalized spacial score (nSPS) is 33.2. The fourth-order valence-corrected chi connectivity index (χ4v) is 3.99. The van der Waals surface area contributed by atoms with E-state index in [2.05, 4.69) is 0 Å². The van der Waals surface area contributed by atoms with Gasteiger partial charge in [-0.25, -0.2) is 4.39 Å². The van der Waals surface area contributed by atoms with Crippen molar-refractivity contribution in [3.05, 3.63) is 41.2 Å². The number of hydrogen-bond acceptors (Lipinski definition) is 4. The molecule has 0 aromatic heterocycles. The molecule has 24 heavy (non-hydrogen) atoms. The average Bonchev–Trinajstić information content (AvgIpc) is 3.19. The number of carbonyl (C=O) groups is 2. The third kappa shape index (κ3) is 2.03. The summed E-state index contributed by atoms with van der Waals surface area (Å²) in [6.07, 6.45) is 3.20. The molecule has 1 aromatic carbocycles. The van der Waals surface area contributed by atoms with Crippen LogP contribution < -0.4 is 4.90 Å². The number of esters is 1. The number of anilines is 1. The number of halogens is 2. The Morgan fingerprint density at radius 2 is 2.33 bits per heavy atom. The van der Waals surface area contributed by atoms with Crippen LogP contribution in [0.3, 0.4) is 0 Å². The highest BCUT2D eigenvalue weighted by Gasteiger charge is 2.67. The van der Waals surface area contributed by atoms with Gasteiger partial charge in [0.15, 0.2) is 0 Å². The number of fused-ring (bicyclic) bond motifs is 1. The maximum atomic E-state index is 13.8. The SMILES string of the molecule is CCOC(=O)[C@@H]1[C@H]2C(=O)N(c3ccc(Cl)c(F)c3)C[C@]23C=C[C@H]1O3. The number of nitrogens with zero attached hydrogens (tertiary/aromatic N) is 1. The van der Waals surface area contributed by atoms with E-state index >= 15 is 0 Å². The van der Waals surface area contributed by atoms with Crippen LogP contribution in [0.1, 0.15) is 6.92 Å². The Hall–Kier alpha value is -1.92. The van der Waals surface area contributed by atoms with Crippen molar-refractivity contribution in [2.75, 3.05) is 18.1 Å². The third-order valence-corrected chi connectivity index (χ3v) is 5.18. The average molecular weight is 352 g/mol. The lowest BCUT2D eigenvalue weighted by Crippen LogP contribution is -2.40. The molecule has 3 aliphatic heterocycles. The molecule has 1 amide bonds. The van der Waals surface area contributed by atoms with E-state index in [1.165, 1.54) is 17.0 Å². The van der Waals surface area contributed by atoms with Gasteiger partial charge in [0.25, 0.3) is 0 Å². The second-order valence-corrected chi connectivity index (χ2v) is 6.58. The zero-order valence-electron chi connectivity index (χ0n) is 12.9. The Morgan fingerprint density at radius 1 is 1.54 bits per heavy atom. The zero-order valence-corrected chi connectivity index (χ0v) is 13.6. The van der Waals surface area contributed by atoms with Crippen LogP contribution in [0.2, 0.25) is 5.02 Å². The molecule has 7 heteroatoms. The van der Waals surface area contributed by atoms with Crippen molar-refractivity contribution in [3.8, 4) is 0 Å². The molecule has 2 fully saturated rings. The predicted molar refractivity (Wildman–Crippen MR) is 84.1 cm³/mol. The monoisotopic (exact) mass is 351 g/mol. The Kier molecular flexibility index (Phi) is 3.44. The van der Waals surface area contributed by atoms with Crippen molar-refractivity contribution < 1.29 is 23.5 Å². The molecular weight excluding hydrogens is 337 g/mol. The summed E-state index contributed by atoms with van der Waals surface area (Å²) in [5.74, 6) is -2.60. The van der Waals surface area contributed by atoms with Crippen LogP contribution in [0.4, 0.5) is 10.1 Å². The van der Waals surface area contributed by atoms with Crippen molar-refractivity contribution in [2.24, 2.45) is 11.8 Å². The van der Waals surface area contributed by atoms with Gasteiger partial charge in [-0.05, 0) is 25.1 Å². The summed E-state index contributed by atoms with van der Waals surface area (Å²) in [5, 5.41) is -0.00905. The van der Waals surface area contributed by atoms with Gasteiger partial charge in [0, 0.05) is 5.69 Å². The number of hydrogen-bond donors (Lipinski definition) is 0. The van der Waals surface area contributed by atoms with E-state index in [0.717, 1.165) is 0 Å². The molecule has 5 nitrogen and oxygen atoms in total. The molecule has 0 saturated carbocycles. The minimum Gasteiger partial charge on any atom is -0.466 e. The molecule has 1 spiro atoms. The maximum Gasteiger partial charge on any atom is 0.312 e. The van der Waals surface area contributed by atoms with E-state index in [4.69, 9.17) is 21.1 Å². The van der Waals surface area contributed by atoms with E-state index in [9.17, 15) is 14.0 Å². The Morgan fingerprint density at radius 3 is 3.04 bits per heavy atom. The second kappa shape index (κ2) is 5.29. The summed E-state index contributed by atoms with van der Waals surface area (Å²) < 4.78 is 24.8. The molecule has 3 aliphatic rings. The Labute approximate surface area is 143 Å². The smallest absolute Gasteiger partial charge is 0.312 e. The second-order valence-electron chi connectivity index (χ2n) is 6.17. The lowest BCUT2D eigenvalue weighted by atomic mass is 9.77. The summed E-state index contributed by atoms with van der Waals surface area (Å²) in [5.41, 5.74) is -0.455. The van der Waals surface area contributed by atoms with Gasteiger partial charge in [-0.1, -0.05) is 23.8 Å². The first-order valence-electron chi connectivity index (χ1n) is 7.77. The molecule has 4 rings (SSSR count). The molecule has 0 unspecified atom stereocenters. The fourth-order valence-electron chi connectivity index (χ4n) is 3.88. The number of rotatable bonds is 3. The van der Waals surface area contributed by atoms with Gasteiger partial charge in [-0.3, -0.25) is 9.59 Å². The van der Waals surface area contributed by atoms with Crippen LogP contribution in [0.25, 0.3) is 0 Å². The first-order chi connectivity index (χ1) is 11.5. The van der Waals surface area contributed by atoms with Gasteiger partial charge in [0.1, 0.15) is 17.3 Å². The van der Waals surface area contributed by atoms with Crippen LogP contribution in [0, 0.1) is 17.7 Å². The molecule has 1 aromatic rings. The van der Waals surface area contributed by atoms with Gasteiger partial charge < -0.3 is 14.4 Å². The van der Waals surface area contributed by atoms with Gasteiger partial charge >= 0.3 is 5.97 Å². The minimum atomic E-state index is -0.852. The van der Waals surface area contributed by atoms with Crippen molar-refractivity contribution in [2.45, 2.75) is 18.6 Å². The highest BCUT2D eigenvalue weighted by molar-refractivity contribution is 6.30. The summed E-state index contributed by atoms with van der Waals surface area (Å²) >= 11 is 5.70. The van der Waals surface area contributed by atoms with Crippen molar-refractivity contribution in [1.29, 1.82) is 0 Å². The van der Waals surface area contributed by atoms with Crippen LogP contribution in [-0.4, -0.2) is 36.7 Å². The van der Waals surface area contributed by atoms with Gasteiger partial charge in [-0.15, -0.1) is 0 Å². The van der Waals surface area contributed by atoms with Crippen molar-refractivity contribution in [1.82, 2.24) is 0 Å². The number of carbonyl (C=O) groups excluding carboxylic acids is 2. The van der Waals surface area contributed by atoms with E-state index in [1.807, 2.05) is 6.08 Å². The van der Waals surface area contributed by atoms with Crippen LogP contribution in [-0.2, 0) is 19.1 Å². The molecule has 3 heterocycles. The molecule has 0 N–H and O–H groups in total. The van der Waals surface area contributed by atoms with Crippen LogP contribution in [0.15, 0.2) is 30.4 Å². The first kappa shape index (κ1) is 15.6. The standard InChI is InChI=1S/C17H15ClFNO4/c1-2-23-16(22)13-12-5-6-17(24-12)8-20(15(21)14(13)17)9-3-4-10(18)11(19)7-9/h3-7,12-14H,2,8H2,1H3/t12-,13+,14+,17-/m1/s1. The summed E-state index contributed by atoms with van der Waals surface area (Å²) in [4.78, 5) is 26.7. The first-order valence-corrected chi connectivity index (χ1v) is 8.15. The van der Waals surface area contributed by atoms with E-state index < -0.39 is 35.3 Å². The van der Waals surface area contributed by atoms with E-state index in [0.29, 0.717) is 5.69 Å². The minimum absolute atomic E-state index is 0.00905. The highest BCUT2D eigenvalue weighted by atomic mass is 35.5. The van der Waals surface area contributed by atoms with Gasteiger partial charge in [0.2, 0.25) is 5.91 Å².